The summed E-state index contributed by atoms with van der Waals surface area (Å²) in [5.41, 5.74) is 5.43. The van der Waals surface area contributed by atoms with Crippen molar-refractivity contribution >= 4 is 11.6 Å². The Bertz CT molecular complexity index is 542. The molecule has 1 saturated carbocycles. The maximum Gasteiger partial charge on any atom is 0.193 e. The molecule has 21 heavy (non-hydrogen) atoms. The molecule has 6 heteroatoms. The van der Waals surface area contributed by atoms with Crippen LogP contribution in [0, 0.1) is 23.0 Å². The number of aliphatic hydroxyl groups is 1. The van der Waals surface area contributed by atoms with Crippen LogP contribution in [0.4, 0.5) is 14.5 Å². The van der Waals surface area contributed by atoms with E-state index in [1.54, 1.807) is 0 Å². The Kier molecular flexibility index (Phi) is 4.46. The molecule has 0 bridgehead atoms. The predicted octanol–water partition coefficient (Wildman–Crippen LogP) is 2.49. The third kappa shape index (κ3) is 3.69. The van der Waals surface area contributed by atoms with Gasteiger partial charge in [0.25, 0.3) is 0 Å². The zero-order chi connectivity index (χ0) is 15.6. The number of halogens is 2. The number of aliphatic hydroxyl groups excluding tert-OH is 1. The summed E-state index contributed by atoms with van der Waals surface area (Å²) in [7, 11) is 0. The van der Waals surface area contributed by atoms with E-state index in [9.17, 15) is 13.9 Å². The second kappa shape index (κ2) is 5.97. The van der Waals surface area contributed by atoms with Gasteiger partial charge in [0.2, 0.25) is 0 Å². The zero-order valence-corrected chi connectivity index (χ0v) is 12.2. The number of nitrogens with one attached hydrogen (secondary N) is 1. The van der Waals surface area contributed by atoms with Crippen LogP contribution in [0.2, 0.25) is 0 Å². The van der Waals surface area contributed by atoms with Gasteiger partial charge < -0.3 is 16.2 Å². The van der Waals surface area contributed by atoms with E-state index in [1.165, 1.54) is 0 Å². The molecule has 116 valence electrons. The average Bonchev–Trinajstić information content (AvgIpc) is 3.21. The van der Waals surface area contributed by atoms with Crippen molar-refractivity contribution in [2.24, 2.45) is 22.1 Å². The summed E-state index contributed by atoms with van der Waals surface area (Å²) in [5, 5.41) is 12.7. The predicted molar refractivity (Wildman–Crippen MR) is 79.0 cm³/mol. The molecule has 0 aliphatic heterocycles. The van der Waals surface area contributed by atoms with Gasteiger partial charge in [0.1, 0.15) is 11.6 Å². The lowest BCUT2D eigenvalue weighted by Gasteiger charge is -2.24. The molecular formula is C15H21F2N3O. The first-order valence-electron chi connectivity index (χ1n) is 7.04. The molecule has 1 aromatic rings. The smallest absolute Gasteiger partial charge is 0.193 e. The number of benzene rings is 1. The molecule has 1 atom stereocenters. The summed E-state index contributed by atoms with van der Waals surface area (Å²) in [5.74, 6) is -0.988. The molecule has 0 spiro atoms. The van der Waals surface area contributed by atoms with E-state index >= 15 is 0 Å². The van der Waals surface area contributed by atoms with Crippen LogP contribution in [0.25, 0.3) is 0 Å². The molecule has 4 nitrogen and oxygen atoms in total. The standard InChI is InChI=1S/C15H21F2N3O/c1-9(2)13(21)15(5-6-15)8-19-14(18)20-12-7-10(16)3-4-11(12)17/h3-4,7,9,13,21H,5-6,8H2,1-2H3,(H3,18,19,20). The molecule has 0 aromatic heterocycles. The third-order valence-corrected chi connectivity index (χ3v) is 3.91. The van der Waals surface area contributed by atoms with Crippen molar-refractivity contribution in [3.63, 3.8) is 0 Å². The minimum absolute atomic E-state index is 0.0155. The second-order valence-corrected chi connectivity index (χ2v) is 6.00. The number of rotatable bonds is 5. The molecule has 1 fully saturated rings. The van der Waals surface area contributed by atoms with E-state index < -0.39 is 17.7 Å². The molecule has 1 aromatic carbocycles. The van der Waals surface area contributed by atoms with Crippen molar-refractivity contribution in [3.05, 3.63) is 29.8 Å². The van der Waals surface area contributed by atoms with Crippen LogP contribution in [-0.2, 0) is 0 Å². The van der Waals surface area contributed by atoms with Crippen molar-refractivity contribution in [2.75, 3.05) is 11.9 Å². The van der Waals surface area contributed by atoms with Crippen molar-refractivity contribution in [2.45, 2.75) is 32.8 Å². The van der Waals surface area contributed by atoms with Gasteiger partial charge in [-0.05, 0) is 30.9 Å². The summed E-state index contributed by atoms with van der Waals surface area (Å²) in [4.78, 5) is 4.16. The van der Waals surface area contributed by atoms with Crippen molar-refractivity contribution < 1.29 is 13.9 Å². The quantitative estimate of drug-likeness (QED) is 0.577. The molecule has 0 amide bonds. The Hall–Kier alpha value is -1.69. The van der Waals surface area contributed by atoms with Crippen LogP contribution in [-0.4, -0.2) is 23.7 Å². The van der Waals surface area contributed by atoms with Gasteiger partial charge >= 0.3 is 0 Å². The summed E-state index contributed by atoms with van der Waals surface area (Å²) in [6, 6.07) is 3.08. The van der Waals surface area contributed by atoms with Gasteiger partial charge in [0.05, 0.1) is 18.3 Å². The maximum absolute atomic E-state index is 13.5. The van der Waals surface area contributed by atoms with Gasteiger partial charge in [0.15, 0.2) is 5.96 Å². The topological polar surface area (TPSA) is 70.6 Å². The summed E-state index contributed by atoms with van der Waals surface area (Å²) in [6.45, 7) is 4.29. The average molecular weight is 297 g/mol. The van der Waals surface area contributed by atoms with Crippen molar-refractivity contribution in [1.82, 2.24) is 0 Å². The number of nitrogens with zero attached hydrogens (tertiary/aromatic N) is 1. The van der Waals surface area contributed by atoms with Crippen LogP contribution >= 0.6 is 0 Å². The first-order valence-corrected chi connectivity index (χ1v) is 7.04. The molecule has 0 saturated heterocycles. The Balaban J connectivity index is 2.00. The van der Waals surface area contributed by atoms with Gasteiger partial charge in [-0.2, -0.15) is 0 Å². The molecule has 0 radical (unpaired) electrons. The van der Waals surface area contributed by atoms with E-state index in [0.29, 0.717) is 6.54 Å². The van der Waals surface area contributed by atoms with E-state index in [4.69, 9.17) is 5.73 Å². The molecule has 4 N–H and O–H groups in total. The fraction of sp³-hybridized carbons (Fsp3) is 0.533. The van der Waals surface area contributed by atoms with Gasteiger partial charge in [-0.25, -0.2) is 8.78 Å². The number of hydrogen-bond donors (Lipinski definition) is 3. The summed E-state index contributed by atoms with van der Waals surface area (Å²) in [6.07, 6.45) is 1.37. The monoisotopic (exact) mass is 297 g/mol. The highest BCUT2D eigenvalue weighted by Gasteiger charge is 2.49. The molecular weight excluding hydrogens is 276 g/mol. The molecule has 1 unspecified atom stereocenters. The molecule has 0 heterocycles. The van der Waals surface area contributed by atoms with Gasteiger partial charge in [-0.3, -0.25) is 4.99 Å². The normalized spacial score (nSPS) is 18.7. The highest BCUT2D eigenvalue weighted by atomic mass is 19.1. The van der Waals surface area contributed by atoms with Gasteiger partial charge in [-0.15, -0.1) is 0 Å². The van der Waals surface area contributed by atoms with Crippen LogP contribution in [0.3, 0.4) is 0 Å². The Morgan fingerprint density at radius 1 is 1.43 bits per heavy atom. The van der Waals surface area contributed by atoms with Gasteiger partial charge in [0, 0.05) is 11.5 Å². The van der Waals surface area contributed by atoms with Crippen molar-refractivity contribution in [3.8, 4) is 0 Å². The number of nitrogens with two attached hydrogens (primary N) is 1. The zero-order valence-electron chi connectivity index (χ0n) is 12.2. The second-order valence-electron chi connectivity index (χ2n) is 6.00. The lowest BCUT2D eigenvalue weighted by molar-refractivity contribution is 0.0549. The third-order valence-electron chi connectivity index (χ3n) is 3.91. The number of hydrogen-bond acceptors (Lipinski definition) is 2. The number of aliphatic imine (C=N–C) groups is 1. The fourth-order valence-electron chi connectivity index (χ4n) is 2.43. The number of guanidine groups is 1. The summed E-state index contributed by atoms with van der Waals surface area (Å²) < 4.78 is 26.5. The molecule has 1 aliphatic carbocycles. The minimum atomic E-state index is -0.599. The van der Waals surface area contributed by atoms with Crippen molar-refractivity contribution in [1.29, 1.82) is 0 Å². The fourth-order valence-corrected chi connectivity index (χ4v) is 2.43. The summed E-state index contributed by atoms with van der Waals surface area (Å²) >= 11 is 0. The Morgan fingerprint density at radius 3 is 2.67 bits per heavy atom. The van der Waals surface area contributed by atoms with E-state index in [-0.39, 0.29) is 23.0 Å². The first kappa shape index (κ1) is 15.7. The van der Waals surface area contributed by atoms with Crippen LogP contribution < -0.4 is 11.1 Å². The van der Waals surface area contributed by atoms with Crippen LogP contribution in [0.15, 0.2) is 23.2 Å². The highest BCUT2D eigenvalue weighted by Crippen LogP contribution is 2.50. The van der Waals surface area contributed by atoms with Crippen LogP contribution in [0.5, 0.6) is 0 Å². The van der Waals surface area contributed by atoms with E-state index in [2.05, 4.69) is 10.3 Å². The number of anilines is 1. The Labute approximate surface area is 123 Å². The lowest BCUT2D eigenvalue weighted by atomic mass is 9.90. The molecule has 2 rings (SSSR count). The first-order chi connectivity index (χ1) is 9.84. The van der Waals surface area contributed by atoms with E-state index in [0.717, 1.165) is 31.0 Å². The van der Waals surface area contributed by atoms with Crippen LogP contribution in [0.1, 0.15) is 26.7 Å². The Morgan fingerprint density at radius 2 is 2.10 bits per heavy atom. The lowest BCUT2D eigenvalue weighted by Crippen LogP contribution is -2.32. The largest absolute Gasteiger partial charge is 0.392 e. The highest BCUT2D eigenvalue weighted by molar-refractivity contribution is 5.92. The van der Waals surface area contributed by atoms with E-state index in [1.807, 2.05) is 13.8 Å². The maximum atomic E-state index is 13.5. The minimum Gasteiger partial charge on any atom is -0.392 e. The SMILES string of the molecule is CC(C)C(O)C1(CN=C(N)Nc2cc(F)ccc2F)CC1. The van der Waals surface area contributed by atoms with Gasteiger partial charge in [-0.1, -0.05) is 13.8 Å². The molecule has 1 aliphatic rings.